The first-order valence-electron chi connectivity index (χ1n) is 3.06. The molecule has 0 bridgehead atoms. The van der Waals surface area contributed by atoms with E-state index in [9.17, 15) is 18.3 Å². The van der Waals surface area contributed by atoms with E-state index in [1.54, 1.807) is 0 Å². The molecule has 0 rings (SSSR count). The first-order chi connectivity index (χ1) is 7.41. The van der Waals surface area contributed by atoms with E-state index in [0.717, 1.165) is 0 Å². The van der Waals surface area contributed by atoms with Crippen LogP contribution in [-0.4, -0.2) is 76.9 Å². The molecule has 0 radical (unpaired) electrons. The second-order valence-electron chi connectivity index (χ2n) is 2.13. The summed E-state index contributed by atoms with van der Waals surface area (Å²) in [4.78, 5) is 62.0. The zero-order valence-electron chi connectivity index (χ0n) is 10.5. The van der Waals surface area contributed by atoms with Crippen molar-refractivity contribution in [3.05, 3.63) is 0 Å². The molecule has 0 unspecified atom stereocenters. The van der Waals surface area contributed by atoms with E-state index in [0.29, 0.717) is 0 Å². The van der Waals surface area contributed by atoms with Crippen molar-refractivity contribution in [1.29, 1.82) is 0 Å². The van der Waals surface area contributed by atoms with Crippen LogP contribution >= 0.6 is 31.3 Å². The first-order valence-corrected chi connectivity index (χ1v) is 9.18. The molecule has 0 amide bonds. The van der Waals surface area contributed by atoms with Crippen LogP contribution in [-0.2, 0) is 26.9 Å². The quantitative estimate of drug-likeness (QED) is 0.193. The Balaban J connectivity index is -0.0000000711. The third kappa shape index (κ3) is 32.9. The number of rotatable bonds is 4. The fourth-order valence-electron chi connectivity index (χ4n) is 0.277. The summed E-state index contributed by atoms with van der Waals surface area (Å²) in [6, 6.07) is 0. The van der Waals surface area contributed by atoms with Crippen LogP contribution in [0.25, 0.3) is 0 Å². The van der Waals surface area contributed by atoms with E-state index < -0.39 is 31.3 Å². The van der Waals surface area contributed by atoms with Crippen LogP contribution in [0.4, 0.5) is 0 Å². The van der Waals surface area contributed by atoms with Gasteiger partial charge in [-0.1, -0.05) is 0 Å². The Hall–Kier alpha value is 1.78. The Morgan fingerprint density at radius 1 is 0.526 bits per heavy atom. The second kappa shape index (κ2) is 9.04. The molecule has 0 fully saturated rings. The average molecular weight is 398 g/mol. The molecule has 0 aliphatic rings. The smallest absolute Gasteiger partial charge is 1.00 e. The molecule has 0 aromatic rings. The van der Waals surface area contributed by atoms with Crippen molar-refractivity contribution >= 4 is 69.0 Å². The molecule has 0 heterocycles. The van der Waals surface area contributed by atoms with Crippen LogP contribution in [0, 0.1) is 0 Å². The summed E-state index contributed by atoms with van der Waals surface area (Å²) >= 11 is 0. The second-order valence-corrected chi connectivity index (χ2v) is 7.36. The van der Waals surface area contributed by atoms with Gasteiger partial charge in [0.15, 0.2) is 0 Å². The molecule has 8 N–H and O–H groups in total. The van der Waals surface area contributed by atoms with E-state index in [1.807, 2.05) is 0 Å². The van der Waals surface area contributed by atoms with Crippen LogP contribution in [0.1, 0.15) is 2.85 Å². The molecule has 0 saturated heterocycles. The van der Waals surface area contributed by atoms with Gasteiger partial charge >= 0.3 is 69.0 Å². The third-order valence-corrected chi connectivity index (χ3v) is 3.83. The largest absolute Gasteiger partial charge is 2.00 e. The summed E-state index contributed by atoms with van der Waals surface area (Å²) in [5, 5.41) is 0. The fourth-order valence-corrected chi connectivity index (χ4v) is 2.49. The van der Waals surface area contributed by atoms with Gasteiger partial charge in [-0.2, -0.15) is 8.62 Å². The van der Waals surface area contributed by atoms with E-state index >= 15 is 0 Å². The normalized spacial score (nSPS) is 13.1. The maximum Gasteiger partial charge on any atom is 2.00 e. The first kappa shape index (κ1) is 25.7. The molecule has 0 aliphatic heterocycles. The number of phosphoric acid groups is 4. The van der Waals surface area contributed by atoms with Crippen LogP contribution < -0.4 is 0 Å². The van der Waals surface area contributed by atoms with Gasteiger partial charge in [-0.15, -0.1) is 0 Å². The van der Waals surface area contributed by atoms with Crippen LogP contribution in [0.2, 0.25) is 0 Å². The standard InChI is InChI=1S/Ca.2H4O7P2.2H/c;2*1-8(2,3)7-9(4,5)6;;/h;2*(H2,1,2,3)(H2,4,5,6);;/q+2;;;2*-1. The van der Waals surface area contributed by atoms with Crippen molar-refractivity contribution in [2.45, 2.75) is 0 Å². The predicted octanol–water partition coefficient (Wildman–Crippen LogP) is -1.78. The summed E-state index contributed by atoms with van der Waals surface area (Å²) in [6.07, 6.45) is 0. The molecule has 0 saturated carbocycles. The number of hydrogen-bond acceptors (Lipinski definition) is 6. The zero-order chi connectivity index (χ0) is 15.4. The van der Waals surface area contributed by atoms with Gasteiger partial charge in [-0.3, -0.25) is 0 Å². The summed E-state index contributed by atoms with van der Waals surface area (Å²) in [7, 11) is -20.2. The van der Waals surface area contributed by atoms with Crippen molar-refractivity contribution in [2.75, 3.05) is 0 Å². The van der Waals surface area contributed by atoms with Crippen molar-refractivity contribution in [3.8, 4) is 0 Å². The van der Waals surface area contributed by atoms with E-state index in [4.69, 9.17) is 39.1 Å². The van der Waals surface area contributed by atoms with Crippen molar-refractivity contribution < 1.29 is 68.9 Å². The van der Waals surface area contributed by atoms with E-state index in [2.05, 4.69) is 8.62 Å². The molecule has 0 aromatic carbocycles. The van der Waals surface area contributed by atoms with Crippen molar-refractivity contribution in [2.24, 2.45) is 0 Å². The van der Waals surface area contributed by atoms with E-state index in [1.165, 1.54) is 0 Å². The maximum absolute atomic E-state index is 9.63. The minimum absolute atomic E-state index is 0. The molecular formula is H10CaO14P4. The van der Waals surface area contributed by atoms with Gasteiger partial charge < -0.3 is 42.0 Å². The summed E-state index contributed by atoms with van der Waals surface area (Å²) < 4.78 is 44.4. The van der Waals surface area contributed by atoms with Gasteiger partial charge in [0, 0.05) is 0 Å². The molecule has 0 atom stereocenters. The maximum atomic E-state index is 9.63. The van der Waals surface area contributed by atoms with Gasteiger partial charge in [-0.25, -0.2) is 18.3 Å². The minimum atomic E-state index is -5.05. The Morgan fingerprint density at radius 3 is 0.632 bits per heavy atom. The molecule has 14 nitrogen and oxygen atoms in total. The molecule has 0 aromatic heterocycles. The molecule has 19 heteroatoms. The Labute approximate surface area is 137 Å². The SMILES string of the molecule is O=P(O)(O)OP(=O)(O)O.O=P(O)(O)OP(=O)(O)O.[Ca+2].[H-].[H-]. The molecule has 116 valence electrons. The van der Waals surface area contributed by atoms with Gasteiger partial charge in [0.25, 0.3) is 0 Å². The molecule has 0 spiro atoms. The topological polar surface area (TPSA) is 249 Å². The summed E-state index contributed by atoms with van der Waals surface area (Å²) in [5.74, 6) is 0. The Morgan fingerprint density at radius 2 is 0.632 bits per heavy atom. The van der Waals surface area contributed by atoms with Crippen LogP contribution in [0.3, 0.4) is 0 Å². The monoisotopic (exact) mass is 398 g/mol. The third-order valence-electron chi connectivity index (χ3n) is 0.425. The van der Waals surface area contributed by atoms with Gasteiger partial charge in [0.1, 0.15) is 0 Å². The predicted molar refractivity (Wildman–Crippen MR) is 58.3 cm³/mol. The average Bonchev–Trinajstić information content (AvgIpc) is 1.64. The van der Waals surface area contributed by atoms with Crippen molar-refractivity contribution in [3.63, 3.8) is 0 Å². The van der Waals surface area contributed by atoms with Crippen molar-refractivity contribution in [1.82, 2.24) is 0 Å². The molecular weight excluding hydrogens is 388 g/mol. The van der Waals surface area contributed by atoms with Crippen LogP contribution in [0.5, 0.6) is 0 Å². The van der Waals surface area contributed by atoms with Crippen LogP contribution in [0.15, 0.2) is 0 Å². The minimum Gasteiger partial charge on any atom is -1.00 e. The zero-order valence-corrected chi connectivity index (χ0v) is 14.3. The molecule has 19 heavy (non-hydrogen) atoms. The van der Waals surface area contributed by atoms with E-state index in [-0.39, 0.29) is 40.6 Å². The Bertz CT molecular complexity index is 352. The summed E-state index contributed by atoms with van der Waals surface area (Å²) in [5.41, 5.74) is 0. The summed E-state index contributed by atoms with van der Waals surface area (Å²) in [6.45, 7) is 0. The Kier molecular flexibility index (Phi) is 12.2. The molecule has 0 aliphatic carbocycles. The fraction of sp³-hybridized carbons (Fsp3) is 0. The number of hydrogen-bond donors (Lipinski definition) is 8. The van der Waals surface area contributed by atoms with Gasteiger partial charge in [0.2, 0.25) is 0 Å². The van der Waals surface area contributed by atoms with Gasteiger partial charge in [-0.05, 0) is 0 Å². The van der Waals surface area contributed by atoms with Gasteiger partial charge in [0.05, 0.1) is 0 Å².